The molecule has 0 aromatic rings. The highest BCUT2D eigenvalue weighted by atomic mass is 16.2. The normalized spacial score (nSPS) is 20.8. The summed E-state index contributed by atoms with van der Waals surface area (Å²) in [5.41, 5.74) is 0. The van der Waals surface area contributed by atoms with Gasteiger partial charge in [0.15, 0.2) is 0 Å². The van der Waals surface area contributed by atoms with Crippen LogP contribution in [-0.4, -0.2) is 25.0 Å². The van der Waals surface area contributed by atoms with Crippen molar-refractivity contribution in [1.29, 1.82) is 5.26 Å². The zero-order valence-corrected chi connectivity index (χ0v) is 9.80. The summed E-state index contributed by atoms with van der Waals surface area (Å²) in [5.74, 6) is 0.124. The van der Waals surface area contributed by atoms with Crippen LogP contribution in [0.5, 0.6) is 0 Å². The number of unbranched alkanes of at least 4 members (excludes halogenated alkanes) is 2. The van der Waals surface area contributed by atoms with Crippen LogP contribution in [0.15, 0.2) is 0 Å². The van der Waals surface area contributed by atoms with E-state index in [0.717, 1.165) is 32.2 Å². The molecule has 1 aliphatic heterocycles. The van der Waals surface area contributed by atoms with Crippen LogP contribution in [0.2, 0.25) is 0 Å². The highest BCUT2D eigenvalue weighted by Crippen LogP contribution is 2.08. The second-order valence-corrected chi connectivity index (χ2v) is 4.26. The highest BCUT2D eigenvalue weighted by Gasteiger charge is 2.18. The van der Waals surface area contributed by atoms with E-state index in [9.17, 15) is 4.79 Å². The van der Waals surface area contributed by atoms with Crippen molar-refractivity contribution in [2.24, 2.45) is 0 Å². The number of amides is 1. The van der Waals surface area contributed by atoms with E-state index in [2.05, 4.69) is 16.7 Å². The number of nitrogens with zero attached hydrogens (tertiary/aromatic N) is 1. The summed E-state index contributed by atoms with van der Waals surface area (Å²) in [6.45, 7) is 1.64. The summed E-state index contributed by atoms with van der Waals surface area (Å²) >= 11 is 0. The minimum absolute atomic E-state index is 0.00142. The Morgan fingerprint density at radius 1 is 1.38 bits per heavy atom. The molecule has 0 saturated carbocycles. The number of carbonyl (C=O) groups excluding carboxylic acids is 1. The smallest absolute Gasteiger partial charge is 0.237 e. The van der Waals surface area contributed by atoms with Gasteiger partial charge in [-0.05, 0) is 32.2 Å². The fourth-order valence-corrected chi connectivity index (χ4v) is 1.92. The number of hydrogen-bond donors (Lipinski definition) is 2. The molecule has 0 aliphatic carbocycles. The number of hydrogen-bond acceptors (Lipinski definition) is 3. The van der Waals surface area contributed by atoms with Crippen LogP contribution < -0.4 is 10.6 Å². The molecule has 1 rings (SSSR count). The molecule has 1 atom stereocenters. The van der Waals surface area contributed by atoms with Crippen LogP contribution in [0.25, 0.3) is 0 Å². The lowest BCUT2D eigenvalue weighted by atomic mass is 10.1. The minimum atomic E-state index is -0.00142. The second kappa shape index (κ2) is 8.12. The monoisotopic (exact) mass is 223 g/mol. The molecule has 1 heterocycles. The van der Waals surface area contributed by atoms with E-state index >= 15 is 0 Å². The van der Waals surface area contributed by atoms with E-state index in [1.165, 1.54) is 12.8 Å². The van der Waals surface area contributed by atoms with Crippen molar-refractivity contribution in [2.45, 2.75) is 51.0 Å². The molecular formula is C12H21N3O. The highest BCUT2D eigenvalue weighted by molar-refractivity contribution is 5.81. The average molecular weight is 223 g/mol. The van der Waals surface area contributed by atoms with Crippen molar-refractivity contribution >= 4 is 5.91 Å². The van der Waals surface area contributed by atoms with E-state index in [-0.39, 0.29) is 11.9 Å². The Morgan fingerprint density at radius 2 is 2.25 bits per heavy atom. The van der Waals surface area contributed by atoms with Gasteiger partial charge in [0.1, 0.15) is 0 Å². The van der Waals surface area contributed by atoms with Gasteiger partial charge in [-0.15, -0.1) is 0 Å². The molecule has 0 aromatic heterocycles. The molecule has 0 aromatic carbocycles. The number of carbonyl (C=O) groups is 1. The Hall–Kier alpha value is -1.08. The summed E-state index contributed by atoms with van der Waals surface area (Å²) in [6.07, 6.45) is 6.83. The molecule has 0 bridgehead atoms. The molecule has 0 radical (unpaired) electrons. The van der Waals surface area contributed by atoms with Gasteiger partial charge < -0.3 is 10.6 Å². The molecule has 90 valence electrons. The molecule has 2 N–H and O–H groups in total. The van der Waals surface area contributed by atoms with Crippen molar-refractivity contribution in [3.63, 3.8) is 0 Å². The molecule has 16 heavy (non-hydrogen) atoms. The molecule has 1 amide bonds. The van der Waals surface area contributed by atoms with Gasteiger partial charge in [-0.2, -0.15) is 5.26 Å². The Labute approximate surface area is 97.4 Å². The summed E-state index contributed by atoms with van der Waals surface area (Å²) in [4.78, 5) is 11.7. The first kappa shape index (κ1) is 13.0. The van der Waals surface area contributed by atoms with Gasteiger partial charge in [0.2, 0.25) is 5.91 Å². The van der Waals surface area contributed by atoms with E-state index < -0.39 is 0 Å². The van der Waals surface area contributed by atoms with Crippen molar-refractivity contribution in [3.05, 3.63) is 0 Å². The molecule has 1 unspecified atom stereocenters. The standard InChI is InChI=1S/C12H21N3O/c13-8-4-2-6-10-15-12(16)11-7-3-1-5-9-14-11/h11,14H,1-7,9-10H2,(H,15,16). The van der Waals surface area contributed by atoms with E-state index in [0.29, 0.717) is 13.0 Å². The van der Waals surface area contributed by atoms with Crippen LogP contribution in [0.3, 0.4) is 0 Å². The van der Waals surface area contributed by atoms with Crippen LogP contribution in [0, 0.1) is 11.3 Å². The topological polar surface area (TPSA) is 64.9 Å². The lowest BCUT2D eigenvalue weighted by molar-refractivity contribution is -0.123. The first-order valence-electron chi connectivity index (χ1n) is 6.22. The zero-order valence-electron chi connectivity index (χ0n) is 9.80. The van der Waals surface area contributed by atoms with E-state index in [1.807, 2.05) is 0 Å². The Kier molecular flexibility index (Phi) is 6.59. The van der Waals surface area contributed by atoms with Crippen molar-refractivity contribution in [2.75, 3.05) is 13.1 Å². The average Bonchev–Trinajstić information content (AvgIpc) is 2.57. The van der Waals surface area contributed by atoms with Crippen LogP contribution in [-0.2, 0) is 4.79 Å². The third-order valence-corrected chi connectivity index (χ3v) is 2.89. The van der Waals surface area contributed by atoms with E-state index in [4.69, 9.17) is 5.26 Å². The Bertz CT molecular complexity index is 239. The SMILES string of the molecule is N#CCCCCNC(=O)C1CCCCCN1. The maximum Gasteiger partial charge on any atom is 0.237 e. The fourth-order valence-electron chi connectivity index (χ4n) is 1.92. The van der Waals surface area contributed by atoms with E-state index in [1.54, 1.807) is 0 Å². The van der Waals surface area contributed by atoms with Gasteiger partial charge in [0.05, 0.1) is 12.1 Å². The van der Waals surface area contributed by atoms with Gasteiger partial charge in [0, 0.05) is 13.0 Å². The zero-order chi connectivity index (χ0) is 11.6. The number of nitrogens with one attached hydrogen (secondary N) is 2. The van der Waals surface area contributed by atoms with Crippen molar-refractivity contribution in [3.8, 4) is 6.07 Å². The third-order valence-electron chi connectivity index (χ3n) is 2.89. The van der Waals surface area contributed by atoms with Gasteiger partial charge in [-0.25, -0.2) is 0 Å². The van der Waals surface area contributed by atoms with Crippen molar-refractivity contribution in [1.82, 2.24) is 10.6 Å². The maximum absolute atomic E-state index is 11.7. The number of nitriles is 1. The van der Waals surface area contributed by atoms with Crippen LogP contribution in [0.1, 0.15) is 44.9 Å². The predicted octanol–water partition coefficient (Wildman–Crippen LogP) is 1.33. The van der Waals surface area contributed by atoms with Gasteiger partial charge in [0.25, 0.3) is 0 Å². The van der Waals surface area contributed by atoms with Gasteiger partial charge in [-0.1, -0.05) is 12.8 Å². The maximum atomic E-state index is 11.7. The van der Waals surface area contributed by atoms with Crippen molar-refractivity contribution < 1.29 is 4.79 Å². The van der Waals surface area contributed by atoms with Crippen LogP contribution >= 0.6 is 0 Å². The summed E-state index contributed by atoms with van der Waals surface area (Å²) in [5, 5.41) is 14.6. The number of rotatable bonds is 5. The molecule has 1 fully saturated rings. The van der Waals surface area contributed by atoms with Gasteiger partial charge in [-0.3, -0.25) is 4.79 Å². The Morgan fingerprint density at radius 3 is 3.06 bits per heavy atom. The molecule has 1 aliphatic rings. The van der Waals surface area contributed by atoms with Gasteiger partial charge >= 0.3 is 0 Å². The first-order valence-corrected chi connectivity index (χ1v) is 6.22. The quantitative estimate of drug-likeness (QED) is 0.691. The molecule has 4 heteroatoms. The molecular weight excluding hydrogens is 202 g/mol. The lowest BCUT2D eigenvalue weighted by Crippen LogP contribution is -2.43. The summed E-state index contributed by atoms with van der Waals surface area (Å²) in [7, 11) is 0. The first-order chi connectivity index (χ1) is 7.84. The second-order valence-electron chi connectivity index (χ2n) is 4.26. The summed E-state index contributed by atoms with van der Waals surface area (Å²) in [6, 6.07) is 2.10. The minimum Gasteiger partial charge on any atom is -0.355 e. The van der Waals surface area contributed by atoms with Crippen LogP contribution in [0.4, 0.5) is 0 Å². The third kappa shape index (κ3) is 5.13. The molecule has 1 saturated heterocycles. The molecule has 0 spiro atoms. The molecule has 4 nitrogen and oxygen atoms in total. The fraction of sp³-hybridized carbons (Fsp3) is 0.833. The summed E-state index contributed by atoms with van der Waals surface area (Å²) < 4.78 is 0. The Balaban J connectivity index is 2.11. The lowest BCUT2D eigenvalue weighted by Gasteiger charge is -2.15. The predicted molar refractivity (Wildman–Crippen MR) is 62.7 cm³/mol. The largest absolute Gasteiger partial charge is 0.355 e.